The third kappa shape index (κ3) is 3.86. The predicted molar refractivity (Wildman–Crippen MR) is 108 cm³/mol. The van der Waals surface area contributed by atoms with Crippen LogP contribution in [0.3, 0.4) is 0 Å². The Balaban J connectivity index is 1.28. The first-order valence-corrected chi connectivity index (χ1v) is 10.6. The summed E-state index contributed by atoms with van der Waals surface area (Å²) in [6.07, 6.45) is 2.53. The number of rotatable bonds is 6. The maximum Gasteiger partial charge on any atom is 0.233 e. The van der Waals surface area contributed by atoms with Gasteiger partial charge in [0.2, 0.25) is 23.5 Å². The van der Waals surface area contributed by atoms with Crippen LogP contribution in [0.4, 0.5) is 0 Å². The van der Waals surface area contributed by atoms with Crippen molar-refractivity contribution in [2.75, 3.05) is 6.54 Å². The zero-order valence-electron chi connectivity index (χ0n) is 16.1. The number of aromatic nitrogens is 4. The van der Waals surface area contributed by atoms with E-state index in [0.29, 0.717) is 23.5 Å². The minimum absolute atomic E-state index is 0.0930. The first-order valence-electron chi connectivity index (χ1n) is 9.73. The second kappa shape index (κ2) is 7.88. The molecule has 0 aliphatic carbocycles. The third-order valence-electron chi connectivity index (χ3n) is 5.22. The summed E-state index contributed by atoms with van der Waals surface area (Å²) >= 11 is 1.61. The molecular formula is C21H21N5O2S. The molecule has 4 aromatic rings. The van der Waals surface area contributed by atoms with Crippen molar-refractivity contribution >= 4 is 11.3 Å². The SMILES string of the molecule is Cc1nnc(C2Cc3ccccc3CN2CCCc2nc(-c3cccs3)no2)o1. The second-order valence-electron chi connectivity index (χ2n) is 7.21. The molecule has 0 fully saturated rings. The van der Waals surface area contributed by atoms with Crippen LogP contribution in [0.25, 0.3) is 10.7 Å². The Hall–Kier alpha value is -2.84. The van der Waals surface area contributed by atoms with Gasteiger partial charge in [0, 0.05) is 19.9 Å². The van der Waals surface area contributed by atoms with Crippen LogP contribution in [0, 0.1) is 6.92 Å². The molecule has 1 aliphatic heterocycles. The lowest BCUT2D eigenvalue weighted by molar-refractivity contribution is 0.143. The fourth-order valence-corrected chi connectivity index (χ4v) is 4.45. The summed E-state index contributed by atoms with van der Waals surface area (Å²) in [5.74, 6) is 2.64. The first kappa shape index (κ1) is 18.2. The minimum atomic E-state index is 0.0930. The third-order valence-corrected chi connectivity index (χ3v) is 6.08. The van der Waals surface area contributed by atoms with Gasteiger partial charge >= 0.3 is 0 Å². The molecule has 0 N–H and O–H groups in total. The molecule has 7 nitrogen and oxygen atoms in total. The zero-order valence-corrected chi connectivity index (χ0v) is 16.9. The van der Waals surface area contributed by atoms with Crippen LogP contribution >= 0.6 is 11.3 Å². The topological polar surface area (TPSA) is 81.1 Å². The van der Waals surface area contributed by atoms with E-state index in [1.807, 2.05) is 24.4 Å². The standard InChI is InChI=1S/C21H21N5O2S/c1-14-23-24-21(27-14)17-12-15-6-2-3-7-16(15)13-26(17)10-4-9-19-22-20(25-28-19)18-8-5-11-29-18/h2-3,5-8,11,17H,4,9-10,12-13H2,1H3. The van der Waals surface area contributed by atoms with E-state index in [1.54, 1.807) is 11.3 Å². The van der Waals surface area contributed by atoms with Crippen molar-refractivity contribution in [3.63, 3.8) is 0 Å². The van der Waals surface area contributed by atoms with E-state index >= 15 is 0 Å². The Morgan fingerprint density at radius 3 is 2.83 bits per heavy atom. The molecule has 5 rings (SSSR count). The van der Waals surface area contributed by atoms with Crippen molar-refractivity contribution in [2.24, 2.45) is 0 Å². The van der Waals surface area contributed by atoms with Gasteiger partial charge in [-0.1, -0.05) is 35.5 Å². The second-order valence-corrected chi connectivity index (χ2v) is 8.16. The summed E-state index contributed by atoms with van der Waals surface area (Å²) in [7, 11) is 0. The van der Waals surface area contributed by atoms with Crippen molar-refractivity contribution in [3.05, 3.63) is 70.6 Å². The molecule has 0 radical (unpaired) electrons. The molecule has 0 saturated carbocycles. The van der Waals surface area contributed by atoms with E-state index in [4.69, 9.17) is 8.94 Å². The average Bonchev–Trinajstić information content (AvgIpc) is 3.49. The molecule has 8 heteroatoms. The highest BCUT2D eigenvalue weighted by molar-refractivity contribution is 7.13. The molecule has 148 valence electrons. The van der Waals surface area contributed by atoms with Crippen LogP contribution in [0.15, 0.2) is 50.7 Å². The van der Waals surface area contributed by atoms with Crippen LogP contribution in [0.1, 0.15) is 41.3 Å². The van der Waals surface area contributed by atoms with Gasteiger partial charge in [0.1, 0.15) is 0 Å². The Bertz CT molecular complexity index is 1090. The van der Waals surface area contributed by atoms with Gasteiger partial charge in [0.15, 0.2) is 0 Å². The number of nitrogens with zero attached hydrogens (tertiary/aromatic N) is 5. The van der Waals surface area contributed by atoms with Crippen LogP contribution in [0.2, 0.25) is 0 Å². The number of thiophene rings is 1. The van der Waals surface area contributed by atoms with Gasteiger partial charge in [-0.25, -0.2) is 0 Å². The lowest BCUT2D eigenvalue weighted by Gasteiger charge is -2.34. The normalized spacial score (nSPS) is 16.8. The maximum absolute atomic E-state index is 5.77. The average molecular weight is 407 g/mol. The number of benzene rings is 1. The summed E-state index contributed by atoms with van der Waals surface area (Å²) in [6.45, 7) is 3.59. The smallest absolute Gasteiger partial charge is 0.233 e. The largest absolute Gasteiger partial charge is 0.424 e. The number of hydrogen-bond donors (Lipinski definition) is 0. The number of aryl methyl sites for hydroxylation is 2. The van der Waals surface area contributed by atoms with E-state index in [0.717, 1.165) is 37.2 Å². The Kier molecular flexibility index (Phi) is 4.95. The Morgan fingerprint density at radius 1 is 1.14 bits per heavy atom. The molecule has 3 aromatic heterocycles. The molecular weight excluding hydrogens is 386 g/mol. The quantitative estimate of drug-likeness (QED) is 0.473. The zero-order chi connectivity index (χ0) is 19.6. The molecule has 4 heterocycles. The summed E-state index contributed by atoms with van der Waals surface area (Å²) in [5.41, 5.74) is 2.71. The van der Waals surface area contributed by atoms with Crippen LogP contribution in [-0.4, -0.2) is 31.8 Å². The molecule has 1 unspecified atom stereocenters. The van der Waals surface area contributed by atoms with E-state index in [1.165, 1.54) is 11.1 Å². The lowest BCUT2D eigenvalue weighted by Crippen LogP contribution is -2.35. The summed E-state index contributed by atoms with van der Waals surface area (Å²) in [5, 5.41) is 14.4. The van der Waals surface area contributed by atoms with Crippen molar-refractivity contribution in [3.8, 4) is 10.7 Å². The molecule has 0 spiro atoms. The van der Waals surface area contributed by atoms with Crippen molar-refractivity contribution < 1.29 is 8.94 Å². The highest BCUT2D eigenvalue weighted by Gasteiger charge is 2.30. The summed E-state index contributed by atoms with van der Waals surface area (Å²) < 4.78 is 11.2. The number of fused-ring (bicyclic) bond motifs is 1. The summed E-state index contributed by atoms with van der Waals surface area (Å²) in [6, 6.07) is 12.7. The number of hydrogen-bond acceptors (Lipinski definition) is 8. The molecule has 1 aromatic carbocycles. The highest BCUT2D eigenvalue weighted by Crippen LogP contribution is 2.32. The van der Waals surface area contributed by atoms with Crippen molar-refractivity contribution in [2.45, 2.75) is 38.8 Å². The van der Waals surface area contributed by atoms with E-state index in [2.05, 4.69) is 49.5 Å². The molecule has 0 saturated heterocycles. The molecule has 29 heavy (non-hydrogen) atoms. The monoisotopic (exact) mass is 407 g/mol. The van der Waals surface area contributed by atoms with Gasteiger partial charge in [0.25, 0.3) is 0 Å². The molecule has 0 amide bonds. The fraction of sp³-hybridized carbons (Fsp3) is 0.333. The molecule has 1 aliphatic rings. The van der Waals surface area contributed by atoms with Gasteiger partial charge in [-0.15, -0.1) is 21.5 Å². The molecule has 0 bridgehead atoms. The van der Waals surface area contributed by atoms with Crippen LogP contribution in [-0.2, 0) is 19.4 Å². The predicted octanol–water partition coefficient (Wildman–Crippen LogP) is 4.22. The van der Waals surface area contributed by atoms with Gasteiger partial charge in [-0.3, -0.25) is 4.90 Å². The van der Waals surface area contributed by atoms with E-state index in [9.17, 15) is 0 Å². The maximum atomic E-state index is 5.77. The van der Waals surface area contributed by atoms with Crippen molar-refractivity contribution in [1.82, 2.24) is 25.2 Å². The lowest BCUT2D eigenvalue weighted by atomic mass is 9.93. The first-order chi connectivity index (χ1) is 14.3. The summed E-state index contributed by atoms with van der Waals surface area (Å²) in [4.78, 5) is 7.96. The fourth-order valence-electron chi connectivity index (χ4n) is 3.80. The Labute approximate surface area is 172 Å². The van der Waals surface area contributed by atoms with E-state index < -0.39 is 0 Å². The van der Waals surface area contributed by atoms with Crippen LogP contribution in [0.5, 0.6) is 0 Å². The van der Waals surface area contributed by atoms with Gasteiger partial charge in [-0.05, 0) is 42.0 Å². The molecule has 1 atom stereocenters. The highest BCUT2D eigenvalue weighted by atomic mass is 32.1. The van der Waals surface area contributed by atoms with E-state index in [-0.39, 0.29) is 6.04 Å². The van der Waals surface area contributed by atoms with Gasteiger partial charge < -0.3 is 8.94 Å². The van der Waals surface area contributed by atoms with Gasteiger partial charge in [-0.2, -0.15) is 4.98 Å². The van der Waals surface area contributed by atoms with Gasteiger partial charge in [0.05, 0.1) is 10.9 Å². The minimum Gasteiger partial charge on any atom is -0.424 e. The van der Waals surface area contributed by atoms with Crippen molar-refractivity contribution in [1.29, 1.82) is 0 Å². The Morgan fingerprint density at radius 2 is 2.03 bits per heavy atom. The van der Waals surface area contributed by atoms with Crippen LogP contribution < -0.4 is 0 Å².